The van der Waals surface area contributed by atoms with E-state index in [4.69, 9.17) is 14.2 Å². The normalized spacial score (nSPS) is 22.3. The Morgan fingerprint density at radius 2 is 1.79 bits per heavy atom. The Balaban J connectivity index is 1.48. The van der Waals surface area contributed by atoms with Crippen LogP contribution in [0.25, 0.3) is 0 Å². The molecule has 0 spiro atoms. The van der Waals surface area contributed by atoms with E-state index >= 15 is 0 Å². The molecule has 2 aromatic rings. The molecule has 1 amide bonds. The molecule has 2 aliphatic rings. The maximum Gasteiger partial charge on any atom is 0.416 e. The molecular formula is C29H38F3N3O4. The molecule has 0 bridgehead atoms. The van der Waals surface area contributed by atoms with Crippen molar-refractivity contribution < 1.29 is 32.2 Å². The fourth-order valence-electron chi connectivity index (χ4n) is 5.57. The van der Waals surface area contributed by atoms with Crippen molar-refractivity contribution >= 4 is 5.91 Å². The Morgan fingerprint density at radius 3 is 2.46 bits per heavy atom. The molecule has 39 heavy (non-hydrogen) atoms. The van der Waals surface area contributed by atoms with Gasteiger partial charge in [-0.1, -0.05) is 12.1 Å². The molecule has 1 unspecified atom stereocenters. The minimum absolute atomic E-state index is 0.0189. The van der Waals surface area contributed by atoms with Crippen LogP contribution < -0.4 is 14.2 Å². The second-order valence-electron chi connectivity index (χ2n) is 10.7. The predicted octanol–water partition coefficient (Wildman–Crippen LogP) is 4.40. The first-order chi connectivity index (χ1) is 18.6. The van der Waals surface area contributed by atoms with Gasteiger partial charge >= 0.3 is 6.18 Å². The second-order valence-corrected chi connectivity index (χ2v) is 10.7. The summed E-state index contributed by atoms with van der Waals surface area (Å²) in [4.78, 5) is 19.9. The van der Waals surface area contributed by atoms with Crippen LogP contribution in [0.5, 0.6) is 17.2 Å². The Labute approximate surface area is 228 Å². The fourth-order valence-corrected chi connectivity index (χ4v) is 5.57. The summed E-state index contributed by atoms with van der Waals surface area (Å²) in [6.07, 6.45) is -2.86. The van der Waals surface area contributed by atoms with Gasteiger partial charge in [-0.2, -0.15) is 13.2 Å². The number of carbonyl (C=O) groups excluding carboxylic acids is 1. The average Bonchev–Trinajstić information content (AvgIpc) is 3.42. The molecular weight excluding hydrogens is 511 g/mol. The highest BCUT2D eigenvalue weighted by Crippen LogP contribution is 2.33. The van der Waals surface area contributed by atoms with E-state index < -0.39 is 11.7 Å². The van der Waals surface area contributed by atoms with Crippen LogP contribution >= 0.6 is 0 Å². The van der Waals surface area contributed by atoms with Crippen LogP contribution in [0, 0.1) is 11.8 Å². The lowest BCUT2D eigenvalue weighted by Crippen LogP contribution is -2.48. The van der Waals surface area contributed by atoms with Gasteiger partial charge in [-0.3, -0.25) is 9.69 Å². The van der Waals surface area contributed by atoms with Crippen LogP contribution in [0.4, 0.5) is 13.2 Å². The third kappa shape index (κ3) is 7.36. The number of halogens is 3. The van der Waals surface area contributed by atoms with Crippen LogP contribution in [0.3, 0.4) is 0 Å². The zero-order valence-corrected chi connectivity index (χ0v) is 23.0. The van der Waals surface area contributed by atoms with E-state index in [0.29, 0.717) is 50.1 Å². The number of hydrogen-bond donors (Lipinski definition) is 0. The van der Waals surface area contributed by atoms with Gasteiger partial charge < -0.3 is 24.0 Å². The van der Waals surface area contributed by atoms with Gasteiger partial charge in [-0.15, -0.1) is 0 Å². The number of benzene rings is 2. The molecule has 2 fully saturated rings. The van der Waals surface area contributed by atoms with Crippen molar-refractivity contribution in [3.8, 4) is 17.2 Å². The second kappa shape index (κ2) is 12.5. The van der Waals surface area contributed by atoms with Crippen LogP contribution in [0.1, 0.15) is 24.0 Å². The Morgan fingerprint density at radius 1 is 1.03 bits per heavy atom. The summed E-state index contributed by atoms with van der Waals surface area (Å²) in [6, 6.07) is 11.1. The monoisotopic (exact) mass is 549 g/mol. The first kappa shape index (κ1) is 29.0. The smallest absolute Gasteiger partial charge is 0.416 e. The van der Waals surface area contributed by atoms with E-state index in [-0.39, 0.29) is 30.1 Å². The quantitative estimate of drug-likeness (QED) is 0.462. The van der Waals surface area contributed by atoms with E-state index in [1.54, 1.807) is 14.2 Å². The number of likely N-dealkylation sites (tertiary alicyclic amines) is 2. The van der Waals surface area contributed by atoms with Crippen LogP contribution in [0.2, 0.25) is 0 Å². The van der Waals surface area contributed by atoms with E-state index in [2.05, 4.69) is 9.80 Å². The number of likely N-dealkylation sites (N-methyl/N-ethyl adjacent to an activating group) is 1. The van der Waals surface area contributed by atoms with Crippen molar-refractivity contribution in [2.24, 2.45) is 11.8 Å². The molecule has 2 aliphatic heterocycles. The summed E-state index contributed by atoms with van der Waals surface area (Å²) < 4.78 is 56.2. The highest BCUT2D eigenvalue weighted by atomic mass is 19.4. The van der Waals surface area contributed by atoms with Crippen LogP contribution in [0.15, 0.2) is 42.5 Å². The number of methoxy groups -OCH3 is 2. The summed E-state index contributed by atoms with van der Waals surface area (Å²) in [5, 5.41) is 0. The number of piperidine rings is 1. The van der Waals surface area contributed by atoms with Gasteiger partial charge in [0.15, 0.2) is 11.5 Å². The zero-order valence-electron chi connectivity index (χ0n) is 23.0. The number of nitrogens with zero attached hydrogens (tertiary/aromatic N) is 3. The number of rotatable bonds is 9. The molecule has 10 heteroatoms. The lowest BCUT2D eigenvalue weighted by Gasteiger charge is -2.38. The maximum absolute atomic E-state index is 13.6. The molecule has 0 radical (unpaired) electrons. The molecule has 0 aromatic heterocycles. The van der Waals surface area contributed by atoms with Crippen molar-refractivity contribution in [2.75, 3.05) is 61.1 Å². The molecule has 0 saturated carbocycles. The minimum Gasteiger partial charge on any atom is -0.493 e. The van der Waals surface area contributed by atoms with E-state index in [9.17, 15) is 18.0 Å². The minimum atomic E-state index is -4.43. The summed E-state index contributed by atoms with van der Waals surface area (Å²) in [6.45, 7) is 3.55. The molecule has 0 N–H and O–H groups in total. The average molecular weight is 550 g/mol. The van der Waals surface area contributed by atoms with Crippen molar-refractivity contribution in [3.63, 3.8) is 0 Å². The van der Waals surface area contributed by atoms with Gasteiger partial charge in [0.05, 0.1) is 32.3 Å². The van der Waals surface area contributed by atoms with Crippen LogP contribution in [-0.2, 0) is 17.5 Å². The topological polar surface area (TPSA) is 54.5 Å². The standard InChI is InChI=1S/C29H38F3N3O4/c1-33(2)24-10-11-35(18-24)28(36)22-12-21(19-39-25-7-5-6-23(14-25)29(30,31)32)16-34(17-22)15-20-8-9-26(37-3)27(13-20)38-4/h5-9,13-14,21-22,24H,10-12,15-19H2,1-4H3/t21-,22+,24?/m0/s1. The Hall–Kier alpha value is -2.98. The van der Waals surface area contributed by atoms with Gasteiger partial charge in [-0.25, -0.2) is 0 Å². The summed E-state index contributed by atoms with van der Waals surface area (Å²) in [5.74, 6) is 1.36. The predicted molar refractivity (Wildman–Crippen MR) is 142 cm³/mol. The van der Waals surface area contributed by atoms with Gasteiger partial charge in [0, 0.05) is 44.7 Å². The SMILES string of the molecule is COc1ccc(CN2C[C@@H](COc3cccc(C(F)(F)F)c3)C[C@@H](C(=O)N3CCC(N(C)C)C3)C2)cc1OC. The van der Waals surface area contributed by atoms with Gasteiger partial charge in [0.25, 0.3) is 0 Å². The number of amides is 1. The number of ether oxygens (including phenoxy) is 3. The summed E-state index contributed by atoms with van der Waals surface area (Å²) in [7, 11) is 7.25. The zero-order chi connectivity index (χ0) is 28.2. The Kier molecular flexibility index (Phi) is 9.27. The number of hydrogen-bond acceptors (Lipinski definition) is 6. The van der Waals surface area contributed by atoms with E-state index in [1.807, 2.05) is 37.2 Å². The van der Waals surface area contributed by atoms with E-state index in [0.717, 1.165) is 30.7 Å². The number of alkyl halides is 3. The maximum atomic E-state index is 13.6. The fraction of sp³-hybridized carbons (Fsp3) is 0.552. The third-order valence-electron chi connectivity index (χ3n) is 7.67. The lowest BCUT2D eigenvalue weighted by molar-refractivity contribution is -0.138. The van der Waals surface area contributed by atoms with Crippen LogP contribution in [-0.4, -0.2) is 87.7 Å². The van der Waals surface area contributed by atoms with Crippen molar-refractivity contribution in [2.45, 2.75) is 31.6 Å². The molecule has 214 valence electrons. The van der Waals surface area contributed by atoms with Gasteiger partial charge in [0.2, 0.25) is 5.91 Å². The molecule has 2 aromatic carbocycles. The first-order valence-corrected chi connectivity index (χ1v) is 13.3. The molecule has 0 aliphatic carbocycles. The van der Waals surface area contributed by atoms with E-state index in [1.165, 1.54) is 12.1 Å². The van der Waals surface area contributed by atoms with Crippen molar-refractivity contribution in [1.29, 1.82) is 0 Å². The molecule has 3 atom stereocenters. The third-order valence-corrected chi connectivity index (χ3v) is 7.67. The highest BCUT2D eigenvalue weighted by Gasteiger charge is 2.37. The summed E-state index contributed by atoms with van der Waals surface area (Å²) >= 11 is 0. The molecule has 2 saturated heterocycles. The Bertz CT molecular complexity index is 1130. The molecule has 4 rings (SSSR count). The highest BCUT2D eigenvalue weighted by molar-refractivity contribution is 5.79. The van der Waals surface area contributed by atoms with Gasteiger partial charge in [-0.05, 0) is 62.8 Å². The molecule has 2 heterocycles. The lowest BCUT2D eigenvalue weighted by atomic mass is 9.88. The largest absolute Gasteiger partial charge is 0.493 e. The first-order valence-electron chi connectivity index (χ1n) is 13.3. The van der Waals surface area contributed by atoms with Crippen molar-refractivity contribution in [1.82, 2.24) is 14.7 Å². The van der Waals surface area contributed by atoms with Crippen molar-refractivity contribution in [3.05, 3.63) is 53.6 Å². The summed E-state index contributed by atoms with van der Waals surface area (Å²) in [5.41, 5.74) is 0.281. The number of carbonyl (C=O) groups is 1. The van der Waals surface area contributed by atoms with Gasteiger partial charge in [0.1, 0.15) is 5.75 Å². The molecule has 7 nitrogen and oxygen atoms in total.